The zero-order valence-electron chi connectivity index (χ0n) is 12.6. The highest BCUT2D eigenvalue weighted by atomic mass is 16.2. The number of fused-ring (bicyclic) bond motifs is 1. The molecule has 1 unspecified atom stereocenters. The Balaban J connectivity index is 2.21. The lowest BCUT2D eigenvalue weighted by Gasteiger charge is -2.28. The van der Waals surface area contributed by atoms with Crippen LogP contribution in [0.4, 0.5) is 0 Å². The molecule has 1 amide bonds. The largest absolute Gasteiger partial charge is 0.343 e. The van der Waals surface area contributed by atoms with E-state index in [9.17, 15) is 4.79 Å². The summed E-state index contributed by atoms with van der Waals surface area (Å²) in [5.41, 5.74) is 1.69. The molecule has 19 heavy (non-hydrogen) atoms. The first kappa shape index (κ1) is 14.1. The molecule has 0 aromatic carbocycles. The van der Waals surface area contributed by atoms with Gasteiger partial charge < -0.3 is 4.90 Å². The normalized spacial score (nSPS) is 20.2. The van der Waals surface area contributed by atoms with Gasteiger partial charge in [-0.1, -0.05) is 13.8 Å². The van der Waals surface area contributed by atoms with E-state index in [1.54, 1.807) is 19.0 Å². The molecule has 1 aromatic rings. The quantitative estimate of drug-likeness (QED) is 0.812. The molecule has 0 aliphatic carbocycles. The molecule has 0 saturated carbocycles. The fourth-order valence-corrected chi connectivity index (χ4v) is 2.80. The minimum absolute atomic E-state index is 0.0244. The molecule has 0 N–H and O–H groups in total. The number of carbonyl (C=O) groups excluding carboxylic acids is 1. The van der Waals surface area contributed by atoms with Crippen LogP contribution in [0.1, 0.15) is 36.5 Å². The Morgan fingerprint density at radius 1 is 1.47 bits per heavy atom. The second-order valence-corrected chi connectivity index (χ2v) is 5.96. The van der Waals surface area contributed by atoms with Gasteiger partial charge in [0.15, 0.2) is 5.69 Å². The summed E-state index contributed by atoms with van der Waals surface area (Å²) in [6.07, 6.45) is 1.08. The Labute approximate surface area is 115 Å². The summed E-state index contributed by atoms with van der Waals surface area (Å²) in [4.78, 5) is 15.9. The average Bonchev–Trinajstić information content (AvgIpc) is 2.64. The molecule has 1 atom stereocenters. The Bertz CT molecular complexity index is 464. The van der Waals surface area contributed by atoms with Crippen LogP contribution in [0.2, 0.25) is 0 Å². The Morgan fingerprint density at radius 2 is 2.16 bits per heavy atom. The molecular weight excluding hydrogens is 240 g/mol. The Morgan fingerprint density at radius 3 is 2.74 bits per heavy atom. The molecule has 106 valence electrons. The number of rotatable bonds is 2. The molecule has 2 rings (SSSR count). The maximum atomic E-state index is 11.9. The summed E-state index contributed by atoms with van der Waals surface area (Å²) in [5.74, 6) is 0.612. The van der Waals surface area contributed by atoms with E-state index in [-0.39, 0.29) is 5.91 Å². The lowest BCUT2D eigenvalue weighted by molar-refractivity contribution is 0.0820. The van der Waals surface area contributed by atoms with E-state index in [0.717, 1.165) is 25.2 Å². The zero-order chi connectivity index (χ0) is 14.2. The molecule has 0 bridgehead atoms. The summed E-state index contributed by atoms with van der Waals surface area (Å²) in [7, 11) is 5.67. The van der Waals surface area contributed by atoms with Gasteiger partial charge in [0, 0.05) is 33.2 Å². The highest BCUT2D eigenvalue weighted by Crippen LogP contribution is 2.21. The van der Waals surface area contributed by atoms with Gasteiger partial charge in [-0.2, -0.15) is 5.10 Å². The molecule has 1 aliphatic heterocycles. The monoisotopic (exact) mass is 264 g/mol. The van der Waals surface area contributed by atoms with Gasteiger partial charge in [-0.3, -0.25) is 14.4 Å². The number of hydrogen-bond donors (Lipinski definition) is 0. The van der Waals surface area contributed by atoms with Crippen LogP contribution in [0.15, 0.2) is 6.07 Å². The lowest BCUT2D eigenvalue weighted by atomic mass is 10.00. The number of amides is 1. The first-order valence-electron chi connectivity index (χ1n) is 6.88. The lowest BCUT2D eigenvalue weighted by Crippen LogP contribution is -2.34. The summed E-state index contributed by atoms with van der Waals surface area (Å²) in [6, 6.07) is 2.51. The summed E-state index contributed by atoms with van der Waals surface area (Å²) in [6.45, 7) is 6.27. The van der Waals surface area contributed by atoms with Crippen molar-refractivity contribution in [2.24, 2.45) is 5.92 Å². The van der Waals surface area contributed by atoms with E-state index in [2.05, 4.69) is 30.9 Å². The van der Waals surface area contributed by atoms with E-state index >= 15 is 0 Å². The second kappa shape index (κ2) is 5.33. The van der Waals surface area contributed by atoms with Gasteiger partial charge in [0.25, 0.3) is 5.91 Å². The van der Waals surface area contributed by atoms with Crippen LogP contribution in [0.25, 0.3) is 0 Å². The van der Waals surface area contributed by atoms with E-state index in [1.165, 1.54) is 0 Å². The molecule has 5 heteroatoms. The van der Waals surface area contributed by atoms with Gasteiger partial charge >= 0.3 is 0 Å². The standard InChI is InChI=1S/C14H24N4O/c1-10(2)13-6-7-18-11(9-17(13)5)8-12(15-18)14(19)16(3)4/h8,10,13H,6-7,9H2,1-5H3. The molecule has 0 radical (unpaired) electrons. The predicted octanol–water partition coefficient (Wildman–Crippen LogP) is 1.44. The summed E-state index contributed by atoms with van der Waals surface area (Å²) >= 11 is 0. The van der Waals surface area contributed by atoms with Crippen molar-refractivity contribution in [3.63, 3.8) is 0 Å². The molecule has 5 nitrogen and oxygen atoms in total. The van der Waals surface area contributed by atoms with Crippen molar-refractivity contribution in [1.29, 1.82) is 0 Å². The number of nitrogens with zero attached hydrogens (tertiary/aromatic N) is 4. The maximum absolute atomic E-state index is 11.9. The number of aromatic nitrogens is 2. The van der Waals surface area contributed by atoms with Gasteiger partial charge in [-0.25, -0.2) is 0 Å². The fraction of sp³-hybridized carbons (Fsp3) is 0.714. The van der Waals surface area contributed by atoms with E-state index in [4.69, 9.17) is 0 Å². The van der Waals surface area contributed by atoms with Gasteiger partial charge in [0.2, 0.25) is 0 Å². The highest BCUT2D eigenvalue weighted by molar-refractivity contribution is 5.92. The number of aryl methyl sites for hydroxylation is 1. The van der Waals surface area contributed by atoms with Gasteiger partial charge in [0.05, 0.1) is 5.69 Å². The van der Waals surface area contributed by atoms with Crippen molar-refractivity contribution in [3.05, 3.63) is 17.5 Å². The van der Waals surface area contributed by atoms with Gasteiger partial charge in [-0.15, -0.1) is 0 Å². The zero-order valence-corrected chi connectivity index (χ0v) is 12.6. The molecule has 1 aliphatic rings. The third kappa shape index (κ3) is 2.81. The minimum Gasteiger partial charge on any atom is -0.343 e. The van der Waals surface area contributed by atoms with Crippen molar-refractivity contribution in [2.45, 2.75) is 39.4 Å². The molecule has 0 fully saturated rings. The van der Waals surface area contributed by atoms with Crippen LogP contribution >= 0.6 is 0 Å². The van der Waals surface area contributed by atoms with Crippen molar-refractivity contribution >= 4 is 5.91 Å². The van der Waals surface area contributed by atoms with E-state index in [0.29, 0.717) is 17.7 Å². The van der Waals surface area contributed by atoms with Crippen molar-refractivity contribution in [2.75, 3.05) is 21.1 Å². The first-order valence-corrected chi connectivity index (χ1v) is 6.88. The van der Waals surface area contributed by atoms with Gasteiger partial charge in [0.1, 0.15) is 0 Å². The predicted molar refractivity (Wildman–Crippen MR) is 75.0 cm³/mol. The fourth-order valence-electron chi connectivity index (χ4n) is 2.80. The minimum atomic E-state index is -0.0244. The Hall–Kier alpha value is -1.36. The number of hydrogen-bond acceptors (Lipinski definition) is 3. The van der Waals surface area contributed by atoms with Crippen LogP contribution in [0.5, 0.6) is 0 Å². The third-order valence-corrected chi connectivity index (χ3v) is 3.87. The SMILES string of the molecule is CC(C)C1CCn2nc(C(=O)N(C)C)cc2CN1C. The van der Waals surface area contributed by atoms with Gasteiger partial charge in [-0.05, 0) is 25.5 Å². The Kier molecular flexibility index (Phi) is 3.94. The first-order chi connectivity index (χ1) is 8.90. The van der Waals surface area contributed by atoms with E-state index in [1.807, 2.05) is 10.7 Å². The maximum Gasteiger partial charge on any atom is 0.273 e. The van der Waals surface area contributed by atoms with Crippen LogP contribution < -0.4 is 0 Å². The van der Waals surface area contributed by atoms with Crippen LogP contribution in [0.3, 0.4) is 0 Å². The molecule has 0 spiro atoms. The van der Waals surface area contributed by atoms with Crippen LogP contribution in [-0.4, -0.2) is 52.7 Å². The molecule has 0 saturated heterocycles. The van der Waals surface area contributed by atoms with Crippen molar-refractivity contribution < 1.29 is 4.79 Å². The molecular formula is C14H24N4O. The second-order valence-electron chi connectivity index (χ2n) is 5.96. The van der Waals surface area contributed by atoms with Crippen molar-refractivity contribution in [3.8, 4) is 0 Å². The van der Waals surface area contributed by atoms with Crippen LogP contribution in [-0.2, 0) is 13.1 Å². The van der Waals surface area contributed by atoms with E-state index < -0.39 is 0 Å². The summed E-state index contributed by atoms with van der Waals surface area (Å²) < 4.78 is 2.00. The van der Waals surface area contributed by atoms with Crippen molar-refractivity contribution in [1.82, 2.24) is 19.6 Å². The summed E-state index contributed by atoms with van der Waals surface area (Å²) in [5, 5.41) is 4.46. The molecule has 2 heterocycles. The van der Waals surface area contributed by atoms with Crippen LogP contribution in [0, 0.1) is 5.92 Å². The third-order valence-electron chi connectivity index (χ3n) is 3.87. The average molecular weight is 264 g/mol. The smallest absolute Gasteiger partial charge is 0.273 e. The number of carbonyl (C=O) groups is 1. The topological polar surface area (TPSA) is 41.4 Å². The molecule has 1 aromatic heterocycles. The highest BCUT2D eigenvalue weighted by Gasteiger charge is 2.25.